The van der Waals surface area contributed by atoms with Gasteiger partial charge in [0.25, 0.3) is 0 Å². The van der Waals surface area contributed by atoms with Crippen molar-refractivity contribution in [1.29, 1.82) is 0 Å². The third-order valence-corrected chi connectivity index (χ3v) is 1.88. The van der Waals surface area contributed by atoms with Crippen LogP contribution in [0.2, 0.25) is 0 Å². The fraction of sp³-hybridized carbons (Fsp3) is 1.00. The second kappa shape index (κ2) is 4.62. The predicted octanol–water partition coefficient (Wildman–Crippen LogP) is -1.18. The molecule has 0 aliphatic heterocycles. The zero-order valence-electron chi connectivity index (χ0n) is 5.83. The Balaban J connectivity index is 3.21. The average Bonchev–Trinajstić information content (AvgIpc) is 1.78. The molecule has 0 aromatic rings. The number of hydrazine groups is 1. The van der Waals surface area contributed by atoms with E-state index < -0.39 is 9.84 Å². The molecule has 0 bridgehead atoms. The molecule has 0 spiro atoms. The number of hydrogen-bond acceptors (Lipinski definition) is 5. The summed E-state index contributed by atoms with van der Waals surface area (Å²) in [6.45, 7) is 0.309. The summed E-state index contributed by atoms with van der Waals surface area (Å²) in [7, 11) is -2.85. The van der Waals surface area contributed by atoms with Gasteiger partial charge in [-0.2, -0.15) is 0 Å². The molecule has 62 valence electrons. The second-order valence-corrected chi connectivity index (χ2v) is 4.21. The average molecular weight is 168 g/mol. The Morgan fingerprint density at radius 1 is 1.60 bits per heavy atom. The lowest BCUT2D eigenvalue weighted by Gasteiger charge is -1.98. The lowest BCUT2D eigenvalue weighted by Crippen LogP contribution is -2.23. The Labute approximate surface area is 60.4 Å². The molecule has 0 radical (unpaired) electrons. The van der Waals surface area contributed by atoms with Crippen LogP contribution in [0.4, 0.5) is 0 Å². The van der Waals surface area contributed by atoms with Crippen LogP contribution in [0.1, 0.15) is 6.42 Å². The molecule has 0 fully saturated rings. The fourth-order valence-corrected chi connectivity index (χ4v) is 1.09. The molecular weight excluding hydrogens is 156 g/mol. The first kappa shape index (κ1) is 9.83. The molecule has 0 aliphatic rings. The minimum Gasteiger partial charge on any atom is -0.287 e. The molecule has 0 atom stereocenters. The van der Waals surface area contributed by atoms with Crippen LogP contribution >= 0.6 is 0 Å². The van der Waals surface area contributed by atoms with E-state index in [1.165, 1.54) is 6.26 Å². The third-order valence-electron chi connectivity index (χ3n) is 0.845. The zero-order chi connectivity index (χ0) is 8.04. The number of nitrogens with two attached hydrogens (primary N) is 1. The lowest BCUT2D eigenvalue weighted by atomic mass is 10.5. The van der Waals surface area contributed by atoms with Gasteiger partial charge in [-0.15, -0.1) is 5.59 Å². The zero-order valence-corrected chi connectivity index (χ0v) is 6.65. The summed E-state index contributed by atoms with van der Waals surface area (Å²) in [5, 5.41) is 0. The van der Waals surface area contributed by atoms with E-state index in [1.807, 2.05) is 5.59 Å². The van der Waals surface area contributed by atoms with Crippen molar-refractivity contribution in [2.24, 2.45) is 5.84 Å². The van der Waals surface area contributed by atoms with Crippen molar-refractivity contribution in [3.05, 3.63) is 0 Å². The van der Waals surface area contributed by atoms with Crippen LogP contribution < -0.4 is 11.4 Å². The number of hydrogen-bond donors (Lipinski definition) is 2. The standard InChI is InChI=1S/C4H12N2O3S/c1-10(7,8)4-2-3-9-6-5/h6H,2-5H2,1H3. The van der Waals surface area contributed by atoms with Gasteiger partial charge in [-0.25, -0.2) is 14.3 Å². The number of sulfone groups is 1. The van der Waals surface area contributed by atoms with Crippen molar-refractivity contribution >= 4 is 9.84 Å². The van der Waals surface area contributed by atoms with E-state index >= 15 is 0 Å². The maximum absolute atomic E-state index is 10.5. The van der Waals surface area contributed by atoms with E-state index in [9.17, 15) is 8.42 Å². The Bertz CT molecular complexity index is 165. The van der Waals surface area contributed by atoms with Crippen LogP contribution in [0.3, 0.4) is 0 Å². The molecule has 0 amide bonds. The van der Waals surface area contributed by atoms with Crippen molar-refractivity contribution in [2.75, 3.05) is 18.6 Å². The third kappa shape index (κ3) is 7.83. The van der Waals surface area contributed by atoms with E-state index in [2.05, 4.69) is 4.84 Å². The smallest absolute Gasteiger partial charge is 0.147 e. The lowest BCUT2D eigenvalue weighted by molar-refractivity contribution is 0.0420. The molecule has 0 aliphatic carbocycles. The maximum atomic E-state index is 10.5. The Morgan fingerprint density at radius 2 is 2.20 bits per heavy atom. The van der Waals surface area contributed by atoms with Crippen molar-refractivity contribution in [2.45, 2.75) is 6.42 Å². The van der Waals surface area contributed by atoms with Gasteiger partial charge in [-0.1, -0.05) is 0 Å². The van der Waals surface area contributed by atoms with Crippen LogP contribution in [-0.2, 0) is 14.7 Å². The van der Waals surface area contributed by atoms with Gasteiger partial charge in [0.2, 0.25) is 0 Å². The minimum atomic E-state index is -2.85. The predicted molar refractivity (Wildman–Crippen MR) is 37.6 cm³/mol. The molecule has 0 rings (SSSR count). The highest BCUT2D eigenvalue weighted by molar-refractivity contribution is 7.90. The highest BCUT2D eigenvalue weighted by Gasteiger charge is 1.99. The quantitative estimate of drug-likeness (QED) is 0.307. The Hall–Kier alpha value is -0.170. The topological polar surface area (TPSA) is 81.4 Å². The molecule has 0 unspecified atom stereocenters. The first-order valence-corrected chi connectivity index (χ1v) is 4.87. The largest absolute Gasteiger partial charge is 0.287 e. The first-order chi connectivity index (χ1) is 4.56. The molecule has 0 saturated heterocycles. The van der Waals surface area contributed by atoms with Crippen molar-refractivity contribution in [1.82, 2.24) is 5.59 Å². The highest BCUT2D eigenvalue weighted by atomic mass is 32.2. The fourth-order valence-electron chi connectivity index (χ4n) is 0.452. The van der Waals surface area contributed by atoms with E-state index in [4.69, 9.17) is 5.84 Å². The SMILES string of the molecule is CS(=O)(=O)CCCONN. The van der Waals surface area contributed by atoms with Crippen molar-refractivity contribution < 1.29 is 13.3 Å². The molecule has 10 heavy (non-hydrogen) atoms. The van der Waals surface area contributed by atoms with Gasteiger partial charge in [0.05, 0.1) is 12.4 Å². The van der Waals surface area contributed by atoms with E-state index in [0.717, 1.165) is 0 Å². The summed E-state index contributed by atoms with van der Waals surface area (Å²) in [6.07, 6.45) is 1.64. The summed E-state index contributed by atoms with van der Waals surface area (Å²) in [5.41, 5.74) is 1.96. The number of nitrogens with one attached hydrogen (secondary N) is 1. The summed E-state index contributed by atoms with van der Waals surface area (Å²) in [6, 6.07) is 0. The molecule has 3 N–H and O–H groups in total. The van der Waals surface area contributed by atoms with Gasteiger partial charge in [0.1, 0.15) is 9.84 Å². The first-order valence-electron chi connectivity index (χ1n) is 2.81. The summed E-state index contributed by atoms with van der Waals surface area (Å²) < 4.78 is 21.0. The van der Waals surface area contributed by atoms with Gasteiger partial charge in [0.15, 0.2) is 0 Å². The van der Waals surface area contributed by atoms with Crippen LogP contribution in [-0.4, -0.2) is 27.0 Å². The second-order valence-electron chi connectivity index (χ2n) is 1.95. The monoisotopic (exact) mass is 168 g/mol. The molecule has 6 heteroatoms. The molecule has 0 saturated carbocycles. The highest BCUT2D eigenvalue weighted by Crippen LogP contribution is 1.87. The molecule has 0 heterocycles. The van der Waals surface area contributed by atoms with Crippen LogP contribution in [0, 0.1) is 0 Å². The van der Waals surface area contributed by atoms with Crippen molar-refractivity contribution in [3.8, 4) is 0 Å². The van der Waals surface area contributed by atoms with Crippen LogP contribution in [0.25, 0.3) is 0 Å². The summed E-state index contributed by atoms with van der Waals surface area (Å²) in [5.74, 6) is 4.89. The van der Waals surface area contributed by atoms with Gasteiger partial charge in [0, 0.05) is 6.26 Å². The Kier molecular flexibility index (Phi) is 4.54. The number of rotatable bonds is 5. The van der Waals surface area contributed by atoms with Gasteiger partial charge in [-0.3, -0.25) is 4.84 Å². The van der Waals surface area contributed by atoms with Crippen LogP contribution in [0.15, 0.2) is 0 Å². The summed E-state index contributed by atoms with van der Waals surface area (Å²) >= 11 is 0. The Morgan fingerprint density at radius 3 is 2.60 bits per heavy atom. The van der Waals surface area contributed by atoms with Crippen molar-refractivity contribution in [3.63, 3.8) is 0 Å². The van der Waals surface area contributed by atoms with Crippen LogP contribution in [0.5, 0.6) is 0 Å². The molecule has 5 nitrogen and oxygen atoms in total. The molecule has 0 aromatic carbocycles. The summed E-state index contributed by atoms with van der Waals surface area (Å²) in [4.78, 5) is 4.49. The van der Waals surface area contributed by atoms with E-state index in [0.29, 0.717) is 13.0 Å². The van der Waals surface area contributed by atoms with Gasteiger partial charge in [-0.05, 0) is 6.42 Å². The molecule has 0 aromatic heterocycles. The normalized spacial score (nSPS) is 11.8. The molecular formula is C4H12N2O3S. The maximum Gasteiger partial charge on any atom is 0.147 e. The van der Waals surface area contributed by atoms with E-state index in [1.54, 1.807) is 0 Å². The van der Waals surface area contributed by atoms with E-state index in [-0.39, 0.29) is 5.75 Å². The van der Waals surface area contributed by atoms with Gasteiger partial charge >= 0.3 is 0 Å². The van der Waals surface area contributed by atoms with Gasteiger partial charge < -0.3 is 0 Å². The minimum absolute atomic E-state index is 0.134.